The molecule has 0 spiro atoms. The van der Waals surface area contributed by atoms with Crippen molar-refractivity contribution >= 4 is 11.8 Å². The Bertz CT molecular complexity index is 132. The van der Waals surface area contributed by atoms with Gasteiger partial charge in [-0.1, -0.05) is 0 Å². The summed E-state index contributed by atoms with van der Waals surface area (Å²) in [5.74, 6) is 0.579. The Morgan fingerprint density at radius 1 is 1.27 bits per heavy atom. The van der Waals surface area contributed by atoms with Gasteiger partial charge in [0.25, 0.3) is 0 Å². The van der Waals surface area contributed by atoms with Crippen LogP contribution in [-0.4, -0.2) is 51.9 Å². The van der Waals surface area contributed by atoms with Gasteiger partial charge in [-0.2, -0.15) is 11.8 Å². The summed E-state index contributed by atoms with van der Waals surface area (Å²) < 4.78 is 4.86. The number of hydrogen-bond donors (Lipinski definition) is 3. The molecule has 0 radical (unpaired) electrons. The molecule has 0 amide bonds. The molecule has 5 heteroatoms. The Labute approximate surface area is 69.2 Å². The fourth-order valence-electron chi connectivity index (χ4n) is 1.03. The number of hydrogen-bond acceptors (Lipinski definition) is 5. The Kier molecular flexibility index (Phi) is 3.15. The van der Waals surface area contributed by atoms with Gasteiger partial charge in [0.05, 0.1) is 6.10 Å². The molecule has 0 saturated carbocycles. The van der Waals surface area contributed by atoms with Gasteiger partial charge in [-0.25, -0.2) is 0 Å². The molecule has 1 saturated heterocycles. The zero-order valence-electron chi connectivity index (χ0n) is 6.17. The first-order valence-corrected chi connectivity index (χ1v) is 4.75. The maximum Gasteiger partial charge on any atom is 0.183 e. The summed E-state index contributed by atoms with van der Waals surface area (Å²) >= 11 is 1.50. The molecule has 1 aliphatic rings. The van der Waals surface area contributed by atoms with Crippen LogP contribution in [0.5, 0.6) is 0 Å². The van der Waals surface area contributed by atoms with E-state index in [9.17, 15) is 5.11 Å². The Balaban J connectivity index is 2.45. The van der Waals surface area contributed by atoms with Gasteiger partial charge in [-0.15, -0.1) is 0 Å². The first kappa shape index (κ1) is 9.28. The van der Waals surface area contributed by atoms with Crippen LogP contribution in [0.2, 0.25) is 0 Å². The van der Waals surface area contributed by atoms with Crippen molar-refractivity contribution in [2.75, 3.05) is 12.0 Å². The Morgan fingerprint density at radius 3 is 2.27 bits per heavy atom. The number of aliphatic hydroxyl groups is 3. The molecule has 1 aliphatic heterocycles. The van der Waals surface area contributed by atoms with Crippen molar-refractivity contribution in [2.45, 2.75) is 24.6 Å². The molecule has 1 heterocycles. The number of ether oxygens (including phenoxy) is 1. The van der Waals surface area contributed by atoms with Crippen molar-refractivity contribution in [1.29, 1.82) is 0 Å². The first-order chi connectivity index (χ1) is 5.16. The quantitative estimate of drug-likeness (QED) is 0.497. The van der Waals surface area contributed by atoms with E-state index in [2.05, 4.69) is 0 Å². The highest BCUT2D eigenvalue weighted by Crippen LogP contribution is 2.21. The maximum absolute atomic E-state index is 9.21. The minimum atomic E-state index is -1.23. The smallest absolute Gasteiger partial charge is 0.183 e. The molecule has 1 unspecified atom stereocenters. The molecule has 4 atom stereocenters. The van der Waals surface area contributed by atoms with Crippen LogP contribution in [-0.2, 0) is 4.74 Å². The SMILES string of the molecule is CSC[C@@H]1O[C@@H](O)[C@H](O)C1O. The highest BCUT2D eigenvalue weighted by Gasteiger charge is 2.41. The van der Waals surface area contributed by atoms with Crippen LogP contribution in [0.4, 0.5) is 0 Å². The molecule has 0 aromatic rings. The predicted molar refractivity (Wildman–Crippen MR) is 41.3 cm³/mol. The van der Waals surface area contributed by atoms with Gasteiger partial charge in [0.1, 0.15) is 12.2 Å². The van der Waals surface area contributed by atoms with Crippen LogP contribution in [0, 0.1) is 0 Å². The van der Waals surface area contributed by atoms with Gasteiger partial charge in [0.15, 0.2) is 6.29 Å². The van der Waals surface area contributed by atoms with Crippen molar-refractivity contribution in [1.82, 2.24) is 0 Å². The summed E-state index contributed by atoms with van der Waals surface area (Å²) in [6.07, 6.45) is -1.94. The Hall–Kier alpha value is 0.190. The minimum absolute atomic E-state index is 0.449. The summed E-state index contributed by atoms with van der Waals surface area (Å²) in [7, 11) is 0. The van der Waals surface area contributed by atoms with Crippen LogP contribution in [0.3, 0.4) is 0 Å². The van der Waals surface area contributed by atoms with Gasteiger partial charge < -0.3 is 20.1 Å². The summed E-state index contributed by atoms with van der Waals surface area (Å²) in [6, 6.07) is 0. The van der Waals surface area contributed by atoms with Gasteiger partial charge >= 0.3 is 0 Å². The molecule has 11 heavy (non-hydrogen) atoms. The molecular weight excluding hydrogens is 168 g/mol. The molecule has 0 aromatic heterocycles. The summed E-state index contributed by atoms with van der Waals surface area (Å²) in [5.41, 5.74) is 0. The molecule has 1 fully saturated rings. The van der Waals surface area contributed by atoms with E-state index < -0.39 is 24.6 Å². The van der Waals surface area contributed by atoms with Gasteiger partial charge in [-0.3, -0.25) is 0 Å². The van der Waals surface area contributed by atoms with E-state index in [1.165, 1.54) is 11.8 Å². The summed E-state index contributed by atoms with van der Waals surface area (Å²) in [5, 5.41) is 27.2. The van der Waals surface area contributed by atoms with Crippen molar-refractivity contribution in [3.05, 3.63) is 0 Å². The molecule has 0 bridgehead atoms. The fourth-order valence-corrected chi connectivity index (χ4v) is 1.64. The summed E-state index contributed by atoms with van der Waals surface area (Å²) in [4.78, 5) is 0. The molecule has 3 N–H and O–H groups in total. The van der Waals surface area contributed by atoms with Gasteiger partial charge in [0.2, 0.25) is 0 Å². The van der Waals surface area contributed by atoms with Crippen molar-refractivity contribution in [2.24, 2.45) is 0 Å². The molecule has 1 rings (SSSR count). The molecular formula is C6H12O4S. The first-order valence-electron chi connectivity index (χ1n) is 3.35. The third kappa shape index (κ3) is 1.86. The van der Waals surface area contributed by atoms with Crippen LogP contribution < -0.4 is 0 Å². The lowest BCUT2D eigenvalue weighted by atomic mass is 10.2. The monoisotopic (exact) mass is 180 g/mol. The highest BCUT2D eigenvalue weighted by molar-refractivity contribution is 7.98. The molecule has 0 aromatic carbocycles. The fraction of sp³-hybridized carbons (Fsp3) is 1.00. The highest BCUT2D eigenvalue weighted by atomic mass is 32.2. The normalized spacial score (nSPS) is 44.7. The lowest BCUT2D eigenvalue weighted by Gasteiger charge is -2.11. The Morgan fingerprint density at radius 2 is 1.91 bits per heavy atom. The lowest BCUT2D eigenvalue weighted by molar-refractivity contribution is -0.123. The van der Waals surface area contributed by atoms with Crippen LogP contribution in [0.25, 0.3) is 0 Å². The van der Waals surface area contributed by atoms with Gasteiger partial charge in [0, 0.05) is 5.75 Å². The topological polar surface area (TPSA) is 69.9 Å². The predicted octanol–water partition coefficient (Wildman–Crippen LogP) is -1.21. The van der Waals surface area contributed by atoms with Crippen molar-refractivity contribution in [3.8, 4) is 0 Å². The maximum atomic E-state index is 9.21. The number of rotatable bonds is 2. The second kappa shape index (κ2) is 3.73. The number of aliphatic hydroxyl groups excluding tert-OH is 3. The number of thioether (sulfide) groups is 1. The third-order valence-corrected chi connectivity index (χ3v) is 2.33. The van der Waals surface area contributed by atoms with Crippen LogP contribution in [0.15, 0.2) is 0 Å². The second-order valence-corrected chi connectivity index (χ2v) is 3.41. The average Bonchev–Trinajstić information content (AvgIpc) is 2.19. The van der Waals surface area contributed by atoms with Crippen molar-refractivity contribution in [3.63, 3.8) is 0 Å². The minimum Gasteiger partial charge on any atom is -0.387 e. The summed E-state index contributed by atoms with van der Waals surface area (Å²) in [6.45, 7) is 0. The van der Waals surface area contributed by atoms with Gasteiger partial charge in [-0.05, 0) is 6.26 Å². The van der Waals surface area contributed by atoms with Crippen LogP contribution >= 0.6 is 11.8 Å². The second-order valence-electron chi connectivity index (χ2n) is 2.50. The van der Waals surface area contributed by atoms with E-state index in [1.807, 2.05) is 6.26 Å². The van der Waals surface area contributed by atoms with E-state index in [4.69, 9.17) is 14.9 Å². The largest absolute Gasteiger partial charge is 0.387 e. The van der Waals surface area contributed by atoms with E-state index in [-0.39, 0.29) is 0 Å². The third-order valence-electron chi connectivity index (χ3n) is 1.67. The zero-order valence-corrected chi connectivity index (χ0v) is 6.99. The van der Waals surface area contributed by atoms with E-state index >= 15 is 0 Å². The molecule has 66 valence electrons. The average molecular weight is 180 g/mol. The standard InChI is InChI=1S/C6H12O4S/c1-11-2-3-4(7)5(8)6(9)10-3/h3-9H,2H2,1H3/t3-,4?,5+,6+/m0/s1. The lowest BCUT2D eigenvalue weighted by Crippen LogP contribution is -2.33. The van der Waals surface area contributed by atoms with Crippen molar-refractivity contribution < 1.29 is 20.1 Å². The van der Waals surface area contributed by atoms with E-state index in [0.717, 1.165) is 0 Å². The molecule has 4 nitrogen and oxygen atoms in total. The molecule has 0 aliphatic carbocycles. The van der Waals surface area contributed by atoms with Crippen LogP contribution in [0.1, 0.15) is 0 Å². The van der Waals surface area contributed by atoms with E-state index in [0.29, 0.717) is 5.75 Å². The van der Waals surface area contributed by atoms with E-state index in [1.54, 1.807) is 0 Å². The zero-order chi connectivity index (χ0) is 8.43.